The summed E-state index contributed by atoms with van der Waals surface area (Å²) in [5, 5.41) is 0. The second-order valence-corrected chi connectivity index (χ2v) is 2.67. The molecule has 2 N–H and O–H groups in total. The number of nitrogens with two attached hydrogens (primary N) is 1. The summed E-state index contributed by atoms with van der Waals surface area (Å²) in [7, 11) is 2.11. The van der Waals surface area contributed by atoms with E-state index in [2.05, 4.69) is 17.8 Å². The van der Waals surface area contributed by atoms with E-state index in [1.165, 1.54) is 19.3 Å². The molecule has 2 nitrogen and oxygen atoms in total. The third-order valence-corrected chi connectivity index (χ3v) is 2.01. The maximum atomic E-state index is 5.53. The zero-order chi connectivity index (χ0) is 6.69. The molecule has 52 valence electrons. The molecule has 0 fully saturated rings. The lowest BCUT2D eigenvalue weighted by Gasteiger charge is -2.13. The van der Waals surface area contributed by atoms with Gasteiger partial charge in [0.05, 0.1) is 6.54 Å². The van der Waals surface area contributed by atoms with Crippen molar-refractivity contribution in [1.82, 2.24) is 0 Å². The van der Waals surface area contributed by atoms with Crippen LogP contribution in [0.15, 0.2) is 0 Å². The van der Waals surface area contributed by atoms with Crippen LogP contribution in [0.4, 0.5) is 0 Å². The molecule has 0 amide bonds. The largest absolute Gasteiger partial charge is 0.325 e. The van der Waals surface area contributed by atoms with Crippen molar-refractivity contribution in [3.05, 3.63) is 0 Å². The van der Waals surface area contributed by atoms with Crippen molar-refractivity contribution < 1.29 is 4.58 Å². The highest BCUT2D eigenvalue weighted by atomic mass is 15.0. The van der Waals surface area contributed by atoms with Gasteiger partial charge in [0.25, 0.3) is 0 Å². The molecule has 1 unspecified atom stereocenters. The zero-order valence-corrected chi connectivity index (χ0v) is 6.01. The molecule has 0 aromatic heterocycles. The number of hydrogen-bond donors (Lipinski definition) is 1. The van der Waals surface area contributed by atoms with Gasteiger partial charge in [-0.2, -0.15) is 0 Å². The summed E-state index contributed by atoms with van der Waals surface area (Å²) < 4.78 is 2.24. The van der Waals surface area contributed by atoms with E-state index in [9.17, 15) is 0 Å². The molecule has 1 aliphatic rings. The SMILES string of the molecule is C[N+]1=CCCCC1CN. The molecule has 1 heterocycles. The van der Waals surface area contributed by atoms with Gasteiger partial charge in [-0.1, -0.05) is 0 Å². The Kier molecular flexibility index (Phi) is 2.22. The molecule has 1 atom stereocenters. The summed E-state index contributed by atoms with van der Waals surface area (Å²) in [6, 6.07) is 0.610. The third kappa shape index (κ3) is 1.52. The lowest BCUT2D eigenvalue weighted by molar-refractivity contribution is -0.536. The molecular weight excluding hydrogens is 112 g/mol. The van der Waals surface area contributed by atoms with Crippen molar-refractivity contribution in [2.45, 2.75) is 25.3 Å². The molecule has 0 aliphatic carbocycles. The van der Waals surface area contributed by atoms with E-state index in [1.54, 1.807) is 0 Å². The van der Waals surface area contributed by atoms with E-state index in [1.807, 2.05) is 0 Å². The average Bonchev–Trinajstić information content (AvgIpc) is 1.89. The molecule has 1 aliphatic heterocycles. The maximum absolute atomic E-state index is 5.53. The summed E-state index contributed by atoms with van der Waals surface area (Å²) >= 11 is 0. The van der Waals surface area contributed by atoms with Crippen LogP contribution in [0.5, 0.6) is 0 Å². The van der Waals surface area contributed by atoms with E-state index in [-0.39, 0.29) is 0 Å². The summed E-state index contributed by atoms with van der Waals surface area (Å²) in [4.78, 5) is 0. The Balaban J connectivity index is 2.50. The van der Waals surface area contributed by atoms with Crippen LogP contribution in [0.25, 0.3) is 0 Å². The van der Waals surface area contributed by atoms with E-state index in [0.717, 1.165) is 6.54 Å². The average molecular weight is 127 g/mol. The molecule has 0 saturated carbocycles. The highest BCUT2D eigenvalue weighted by Gasteiger charge is 2.17. The molecule has 0 spiro atoms. The monoisotopic (exact) mass is 127 g/mol. The normalized spacial score (nSPS) is 27.8. The van der Waals surface area contributed by atoms with Crippen LogP contribution in [0, 0.1) is 0 Å². The van der Waals surface area contributed by atoms with E-state index in [0.29, 0.717) is 6.04 Å². The first-order valence-electron chi connectivity index (χ1n) is 3.60. The quantitative estimate of drug-likeness (QED) is 0.501. The van der Waals surface area contributed by atoms with Crippen molar-refractivity contribution in [2.75, 3.05) is 13.6 Å². The van der Waals surface area contributed by atoms with E-state index < -0.39 is 0 Å². The van der Waals surface area contributed by atoms with Crippen LogP contribution in [0.2, 0.25) is 0 Å². The van der Waals surface area contributed by atoms with Gasteiger partial charge in [-0.15, -0.1) is 0 Å². The van der Waals surface area contributed by atoms with Gasteiger partial charge < -0.3 is 5.73 Å². The Morgan fingerprint density at radius 1 is 1.78 bits per heavy atom. The lowest BCUT2D eigenvalue weighted by atomic mass is 10.1. The van der Waals surface area contributed by atoms with Gasteiger partial charge in [-0.25, -0.2) is 4.58 Å². The molecule has 0 radical (unpaired) electrons. The minimum Gasteiger partial charge on any atom is -0.325 e. The fraction of sp³-hybridized carbons (Fsp3) is 0.857. The van der Waals surface area contributed by atoms with Crippen LogP contribution >= 0.6 is 0 Å². The fourth-order valence-electron chi connectivity index (χ4n) is 1.29. The number of likely N-dealkylation sites (N-methyl/N-ethyl adjacent to an activating group) is 1. The standard InChI is InChI=1S/C7H15N2/c1-9-5-3-2-4-7(9)6-8/h5,7H,2-4,6,8H2,1H3/q+1. The molecule has 0 saturated heterocycles. The Bertz CT molecular complexity index is 118. The topological polar surface area (TPSA) is 29.0 Å². The predicted molar refractivity (Wildman–Crippen MR) is 38.9 cm³/mol. The van der Waals surface area contributed by atoms with Crippen LogP contribution in [-0.4, -0.2) is 30.4 Å². The first kappa shape index (κ1) is 6.75. The van der Waals surface area contributed by atoms with Gasteiger partial charge in [0.2, 0.25) is 0 Å². The summed E-state index contributed by atoms with van der Waals surface area (Å²) in [6.07, 6.45) is 6.05. The van der Waals surface area contributed by atoms with Gasteiger partial charge in [0.1, 0.15) is 13.3 Å². The molecule has 1 rings (SSSR count). The summed E-state index contributed by atoms with van der Waals surface area (Å²) in [5.74, 6) is 0. The van der Waals surface area contributed by atoms with Crippen LogP contribution in [-0.2, 0) is 0 Å². The Morgan fingerprint density at radius 3 is 3.00 bits per heavy atom. The number of rotatable bonds is 1. The van der Waals surface area contributed by atoms with Crippen LogP contribution in [0.3, 0.4) is 0 Å². The highest BCUT2D eigenvalue weighted by Crippen LogP contribution is 2.06. The van der Waals surface area contributed by atoms with Crippen molar-refractivity contribution >= 4 is 6.21 Å². The second kappa shape index (κ2) is 2.97. The summed E-state index contributed by atoms with van der Waals surface area (Å²) in [5.41, 5.74) is 5.53. The molecule has 2 heteroatoms. The molecule has 0 aromatic carbocycles. The van der Waals surface area contributed by atoms with Gasteiger partial charge >= 0.3 is 0 Å². The Morgan fingerprint density at radius 2 is 2.56 bits per heavy atom. The van der Waals surface area contributed by atoms with Gasteiger partial charge in [-0.3, -0.25) is 0 Å². The van der Waals surface area contributed by atoms with Gasteiger partial charge in [0, 0.05) is 12.8 Å². The third-order valence-electron chi connectivity index (χ3n) is 2.01. The molecular formula is C7H15N2+. The second-order valence-electron chi connectivity index (χ2n) is 2.67. The Labute approximate surface area is 56.4 Å². The highest BCUT2D eigenvalue weighted by molar-refractivity contribution is 5.51. The smallest absolute Gasteiger partial charge is 0.164 e. The minimum atomic E-state index is 0.610. The summed E-state index contributed by atoms with van der Waals surface area (Å²) in [6.45, 7) is 0.799. The van der Waals surface area contributed by atoms with Crippen molar-refractivity contribution in [3.8, 4) is 0 Å². The van der Waals surface area contributed by atoms with Crippen LogP contribution in [0.1, 0.15) is 19.3 Å². The molecule has 0 aromatic rings. The lowest BCUT2D eigenvalue weighted by Crippen LogP contribution is -2.34. The molecule has 0 bridgehead atoms. The fourth-order valence-corrected chi connectivity index (χ4v) is 1.29. The van der Waals surface area contributed by atoms with Gasteiger partial charge in [0.15, 0.2) is 6.04 Å². The molecule has 9 heavy (non-hydrogen) atoms. The first-order valence-corrected chi connectivity index (χ1v) is 3.60. The predicted octanol–water partition coefficient (Wildman–Crippen LogP) is 0.211. The van der Waals surface area contributed by atoms with Crippen LogP contribution < -0.4 is 5.73 Å². The number of hydrogen-bond acceptors (Lipinski definition) is 1. The number of nitrogens with zero attached hydrogens (tertiary/aromatic N) is 1. The van der Waals surface area contributed by atoms with E-state index in [4.69, 9.17) is 5.73 Å². The van der Waals surface area contributed by atoms with E-state index >= 15 is 0 Å². The minimum absolute atomic E-state index is 0.610. The zero-order valence-electron chi connectivity index (χ0n) is 6.01. The van der Waals surface area contributed by atoms with Gasteiger partial charge in [-0.05, 0) is 6.42 Å². The van der Waals surface area contributed by atoms with Crippen molar-refractivity contribution in [3.63, 3.8) is 0 Å². The maximum Gasteiger partial charge on any atom is 0.164 e. The Hall–Kier alpha value is -0.370. The first-order chi connectivity index (χ1) is 4.34. The van der Waals surface area contributed by atoms with Crippen molar-refractivity contribution in [2.24, 2.45) is 5.73 Å². The van der Waals surface area contributed by atoms with Crippen molar-refractivity contribution in [1.29, 1.82) is 0 Å².